The van der Waals surface area contributed by atoms with Crippen molar-refractivity contribution in [3.05, 3.63) is 47.2 Å². The summed E-state index contributed by atoms with van der Waals surface area (Å²) < 4.78 is 18.2. The smallest absolute Gasteiger partial charge is 0.233 e. The molecule has 31 heavy (non-hydrogen) atoms. The summed E-state index contributed by atoms with van der Waals surface area (Å²) >= 11 is 0. The second-order valence-corrected chi connectivity index (χ2v) is 7.07. The van der Waals surface area contributed by atoms with Crippen molar-refractivity contribution in [1.82, 2.24) is 20.0 Å². The molecule has 9 nitrogen and oxygen atoms in total. The van der Waals surface area contributed by atoms with E-state index in [9.17, 15) is 4.79 Å². The molecule has 0 spiro atoms. The number of nitrogens with one attached hydrogen (secondary N) is 1. The lowest BCUT2D eigenvalue weighted by molar-refractivity contribution is -0.116. The first-order valence-electron chi connectivity index (χ1n) is 10.2. The number of methoxy groups -OCH3 is 1. The molecular formula is C22H25N5O4. The molecule has 9 heteroatoms. The Morgan fingerprint density at radius 2 is 1.87 bits per heavy atom. The van der Waals surface area contributed by atoms with Crippen LogP contribution in [0.4, 0.5) is 5.82 Å². The van der Waals surface area contributed by atoms with Gasteiger partial charge in [-0.3, -0.25) is 4.79 Å². The highest BCUT2D eigenvalue weighted by atomic mass is 16.5. The molecule has 3 aromatic rings. The lowest BCUT2D eigenvalue weighted by Crippen LogP contribution is -2.25. The van der Waals surface area contributed by atoms with E-state index in [4.69, 9.17) is 14.2 Å². The van der Waals surface area contributed by atoms with Gasteiger partial charge in [-0.15, -0.1) is 10.2 Å². The lowest BCUT2D eigenvalue weighted by atomic mass is 9.85. The summed E-state index contributed by atoms with van der Waals surface area (Å²) in [5, 5.41) is 15.8. The van der Waals surface area contributed by atoms with Crippen LogP contribution in [0.1, 0.15) is 43.0 Å². The molecule has 2 aromatic heterocycles. The van der Waals surface area contributed by atoms with Crippen molar-refractivity contribution in [3.63, 3.8) is 0 Å². The highest BCUT2D eigenvalue weighted by molar-refractivity contribution is 5.95. The number of carbonyl (C=O) groups is 1. The first-order chi connectivity index (χ1) is 15.0. The number of hydrogen-bond acceptors (Lipinski definition) is 7. The Morgan fingerprint density at radius 3 is 2.55 bits per heavy atom. The highest BCUT2D eigenvalue weighted by Gasteiger charge is 2.33. The maximum atomic E-state index is 12.6. The van der Waals surface area contributed by atoms with E-state index in [1.54, 1.807) is 16.8 Å². The molecule has 4 rings (SSSR count). The molecule has 1 N–H and O–H groups in total. The van der Waals surface area contributed by atoms with Crippen LogP contribution in [0.25, 0.3) is 5.82 Å². The van der Waals surface area contributed by atoms with Crippen LogP contribution < -0.4 is 19.5 Å². The second kappa shape index (κ2) is 8.63. The summed E-state index contributed by atoms with van der Waals surface area (Å²) in [4.78, 5) is 12.6. The van der Waals surface area contributed by atoms with E-state index in [1.807, 2.05) is 39.0 Å². The second-order valence-electron chi connectivity index (χ2n) is 7.07. The number of amides is 1. The fourth-order valence-electron chi connectivity index (χ4n) is 3.82. The van der Waals surface area contributed by atoms with Crippen molar-refractivity contribution in [2.24, 2.45) is 0 Å². The van der Waals surface area contributed by atoms with Gasteiger partial charge in [0, 0.05) is 24.0 Å². The number of aromatic nitrogens is 4. The molecule has 1 aromatic carbocycles. The van der Waals surface area contributed by atoms with Gasteiger partial charge in [-0.1, -0.05) is 6.07 Å². The third kappa shape index (κ3) is 3.90. The number of nitrogens with zero attached hydrogens (tertiary/aromatic N) is 4. The number of aryl methyl sites for hydroxylation is 1. The molecule has 1 aliphatic heterocycles. The van der Waals surface area contributed by atoms with Gasteiger partial charge in [0.2, 0.25) is 11.8 Å². The fourth-order valence-corrected chi connectivity index (χ4v) is 3.82. The van der Waals surface area contributed by atoms with Gasteiger partial charge in [-0.2, -0.15) is 9.78 Å². The topological polar surface area (TPSA) is 100 Å². The zero-order valence-corrected chi connectivity index (χ0v) is 18.0. The third-order valence-corrected chi connectivity index (χ3v) is 5.12. The number of hydrogen-bond donors (Lipinski definition) is 1. The fraction of sp³-hybridized carbons (Fsp3) is 0.364. The van der Waals surface area contributed by atoms with Crippen LogP contribution >= 0.6 is 0 Å². The summed E-state index contributed by atoms with van der Waals surface area (Å²) in [6, 6.07) is 9.27. The number of rotatable bonds is 7. The van der Waals surface area contributed by atoms with Crippen LogP contribution in [0.5, 0.6) is 17.4 Å². The normalized spacial score (nSPS) is 15.2. The number of benzene rings is 1. The van der Waals surface area contributed by atoms with Gasteiger partial charge in [0.25, 0.3) is 0 Å². The molecule has 0 fully saturated rings. The molecule has 0 saturated carbocycles. The van der Waals surface area contributed by atoms with E-state index in [2.05, 4.69) is 20.6 Å². The van der Waals surface area contributed by atoms with E-state index in [0.717, 1.165) is 16.8 Å². The Hall–Kier alpha value is -3.62. The summed E-state index contributed by atoms with van der Waals surface area (Å²) in [5.74, 6) is 2.60. The van der Waals surface area contributed by atoms with Gasteiger partial charge in [0.15, 0.2) is 17.3 Å². The highest BCUT2D eigenvalue weighted by Crippen LogP contribution is 2.42. The van der Waals surface area contributed by atoms with E-state index >= 15 is 0 Å². The molecule has 3 heterocycles. The Bertz CT molecular complexity index is 1090. The zero-order chi connectivity index (χ0) is 22.0. The number of carbonyl (C=O) groups excluding carboxylic acids is 1. The molecule has 1 unspecified atom stereocenters. The van der Waals surface area contributed by atoms with Gasteiger partial charge in [0.05, 0.1) is 26.0 Å². The van der Waals surface area contributed by atoms with Gasteiger partial charge in [-0.25, -0.2) is 0 Å². The molecule has 1 atom stereocenters. The Balaban J connectivity index is 1.78. The Morgan fingerprint density at radius 1 is 1.10 bits per heavy atom. The largest absolute Gasteiger partial charge is 0.490 e. The first kappa shape index (κ1) is 20.6. The van der Waals surface area contributed by atoms with Crippen LogP contribution in [-0.2, 0) is 4.79 Å². The molecular weight excluding hydrogens is 398 g/mol. The zero-order valence-electron chi connectivity index (χ0n) is 18.0. The third-order valence-electron chi connectivity index (χ3n) is 5.12. The van der Waals surface area contributed by atoms with E-state index < -0.39 is 0 Å². The van der Waals surface area contributed by atoms with Crippen molar-refractivity contribution in [1.29, 1.82) is 0 Å². The lowest BCUT2D eigenvalue weighted by Gasteiger charge is -2.25. The summed E-state index contributed by atoms with van der Waals surface area (Å²) in [6.07, 6.45) is 0.313. The maximum Gasteiger partial charge on any atom is 0.233 e. The van der Waals surface area contributed by atoms with Crippen molar-refractivity contribution in [3.8, 4) is 23.2 Å². The summed E-state index contributed by atoms with van der Waals surface area (Å²) in [6.45, 7) is 6.85. The van der Waals surface area contributed by atoms with Crippen LogP contribution in [0, 0.1) is 6.92 Å². The molecule has 1 aliphatic rings. The number of ether oxygens (including phenoxy) is 3. The van der Waals surface area contributed by atoms with E-state index in [1.165, 1.54) is 7.11 Å². The summed E-state index contributed by atoms with van der Waals surface area (Å²) in [5.41, 5.74) is 2.72. The molecule has 0 aliphatic carbocycles. The monoisotopic (exact) mass is 423 g/mol. The van der Waals surface area contributed by atoms with Gasteiger partial charge in [0.1, 0.15) is 5.82 Å². The van der Waals surface area contributed by atoms with E-state index in [-0.39, 0.29) is 11.8 Å². The van der Waals surface area contributed by atoms with Gasteiger partial charge >= 0.3 is 0 Å². The standard InChI is InChI=1S/C22H25N5O4/c1-5-30-16-8-7-14(11-17(16)31-6-2)15-12-19(28)23-22-21(15)13(3)26-27(22)18-9-10-20(29-4)25-24-18/h7-11,15H,5-6,12H2,1-4H3,(H,23,28). The van der Waals surface area contributed by atoms with Crippen LogP contribution in [0.15, 0.2) is 30.3 Å². The molecule has 0 bridgehead atoms. The summed E-state index contributed by atoms with van der Waals surface area (Å²) in [7, 11) is 1.53. The number of anilines is 1. The van der Waals surface area contributed by atoms with Crippen molar-refractivity contribution >= 4 is 11.7 Å². The number of fused-ring (bicyclic) bond motifs is 1. The van der Waals surface area contributed by atoms with E-state index in [0.29, 0.717) is 48.6 Å². The van der Waals surface area contributed by atoms with Crippen LogP contribution in [0.3, 0.4) is 0 Å². The quantitative estimate of drug-likeness (QED) is 0.622. The SMILES string of the molecule is CCOc1ccc(C2CC(=O)Nc3c2c(C)nn3-c2ccc(OC)nn2)cc1OCC. The predicted octanol–water partition coefficient (Wildman–Crippen LogP) is 3.25. The van der Waals surface area contributed by atoms with Gasteiger partial charge in [-0.05, 0) is 44.5 Å². The van der Waals surface area contributed by atoms with Crippen molar-refractivity contribution < 1.29 is 19.0 Å². The van der Waals surface area contributed by atoms with Crippen LogP contribution in [0.2, 0.25) is 0 Å². The average molecular weight is 423 g/mol. The van der Waals surface area contributed by atoms with Gasteiger partial charge < -0.3 is 19.5 Å². The molecule has 0 radical (unpaired) electrons. The Labute approximate surface area is 180 Å². The molecule has 0 saturated heterocycles. The van der Waals surface area contributed by atoms with Crippen molar-refractivity contribution in [2.75, 3.05) is 25.6 Å². The minimum Gasteiger partial charge on any atom is -0.490 e. The Kier molecular flexibility index (Phi) is 5.75. The minimum absolute atomic E-state index is 0.0908. The molecule has 1 amide bonds. The molecule has 162 valence electrons. The minimum atomic E-state index is -0.168. The maximum absolute atomic E-state index is 12.6. The average Bonchev–Trinajstić information content (AvgIpc) is 3.11. The van der Waals surface area contributed by atoms with Crippen LogP contribution in [-0.4, -0.2) is 46.2 Å². The predicted molar refractivity (Wildman–Crippen MR) is 114 cm³/mol. The first-order valence-corrected chi connectivity index (χ1v) is 10.2. The van der Waals surface area contributed by atoms with Crippen molar-refractivity contribution in [2.45, 2.75) is 33.1 Å².